The molecule has 0 radical (unpaired) electrons. The van der Waals surface area contributed by atoms with E-state index in [4.69, 9.17) is 11.0 Å². The van der Waals surface area contributed by atoms with Crippen molar-refractivity contribution in [2.75, 3.05) is 6.54 Å². The smallest absolute Gasteiger partial charge is 0.251 e. The average Bonchev–Trinajstić information content (AvgIpc) is 2.35. The molecule has 3 N–H and O–H groups in total. The molecule has 0 aliphatic heterocycles. The first-order valence-electron chi connectivity index (χ1n) is 5.22. The Morgan fingerprint density at radius 1 is 1.62 bits per heavy atom. The topological polar surface area (TPSA) is 78.9 Å². The Hall–Kier alpha value is -1.86. The Morgan fingerprint density at radius 2 is 2.38 bits per heavy atom. The molecule has 1 amide bonds. The minimum atomic E-state index is -0.186. The maximum Gasteiger partial charge on any atom is 0.251 e. The van der Waals surface area contributed by atoms with Crippen LogP contribution in [0.4, 0.5) is 0 Å². The van der Waals surface area contributed by atoms with Crippen LogP contribution in [-0.4, -0.2) is 18.5 Å². The molecular formula is C12H15N3O. The van der Waals surface area contributed by atoms with Gasteiger partial charge in [0, 0.05) is 18.2 Å². The number of hydrogen-bond acceptors (Lipinski definition) is 3. The molecule has 0 aliphatic rings. The van der Waals surface area contributed by atoms with Crippen molar-refractivity contribution in [2.45, 2.75) is 19.4 Å². The minimum Gasteiger partial charge on any atom is -0.348 e. The summed E-state index contributed by atoms with van der Waals surface area (Å²) in [6.45, 7) is 2.38. The number of carbonyl (C=O) groups excluding carboxylic acids is 1. The fraction of sp³-hybridized carbons (Fsp3) is 0.333. The van der Waals surface area contributed by atoms with Gasteiger partial charge in [-0.05, 0) is 24.6 Å². The Labute approximate surface area is 95.1 Å². The summed E-state index contributed by atoms with van der Waals surface area (Å²) >= 11 is 0. The van der Waals surface area contributed by atoms with Gasteiger partial charge < -0.3 is 11.1 Å². The van der Waals surface area contributed by atoms with Gasteiger partial charge in [-0.3, -0.25) is 4.79 Å². The lowest BCUT2D eigenvalue weighted by Crippen LogP contribution is -2.39. The van der Waals surface area contributed by atoms with Crippen LogP contribution in [0.2, 0.25) is 0 Å². The van der Waals surface area contributed by atoms with E-state index >= 15 is 0 Å². The summed E-state index contributed by atoms with van der Waals surface area (Å²) in [4.78, 5) is 11.8. The van der Waals surface area contributed by atoms with E-state index in [2.05, 4.69) is 5.32 Å². The third kappa shape index (κ3) is 3.07. The fourth-order valence-corrected chi connectivity index (χ4v) is 1.33. The lowest BCUT2D eigenvalue weighted by Gasteiger charge is -2.14. The normalized spacial score (nSPS) is 11.6. The molecule has 1 unspecified atom stereocenters. The van der Waals surface area contributed by atoms with Crippen LogP contribution >= 0.6 is 0 Å². The van der Waals surface area contributed by atoms with Gasteiger partial charge in [0.1, 0.15) is 0 Å². The van der Waals surface area contributed by atoms with Crippen LogP contribution in [0.25, 0.3) is 0 Å². The van der Waals surface area contributed by atoms with Gasteiger partial charge in [-0.1, -0.05) is 13.0 Å². The van der Waals surface area contributed by atoms with Gasteiger partial charge in [0.2, 0.25) is 0 Å². The van der Waals surface area contributed by atoms with Crippen molar-refractivity contribution in [3.8, 4) is 6.07 Å². The predicted molar refractivity (Wildman–Crippen MR) is 61.8 cm³/mol. The molecule has 0 spiro atoms. The van der Waals surface area contributed by atoms with E-state index in [1.54, 1.807) is 24.3 Å². The molecule has 0 fully saturated rings. The highest BCUT2D eigenvalue weighted by atomic mass is 16.1. The summed E-state index contributed by atoms with van der Waals surface area (Å²) in [6, 6.07) is 8.59. The van der Waals surface area contributed by atoms with Crippen molar-refractivity contribution in [3.05, 3.63) is 35.4 Å². The van der Waals surface area contributed by atoms with E-state index in [1.165, 1.54) is 0 Å². The second kappa shape index (κ2) is 5.89. The monoisotopic (exact) mass is 217 g/mol. The van der Waals surface area contributed by atoms with Gasteiger partial charge in [0.25, 0.3) is 5.91 Å². The first-order valence-corrected chi connectivity index (χ1v) is 5.22. The Morgan fingerprint density at radius 3 is 2.94 bits per heavy atom. The molecule has 1 atom stereocenters. The average molecular weight is 217 g/mol. The highest BCUT2D eigenvalue weighted by Crippen LogP contribution is 2.04. The van der Waals surface area contributed by atoms with E-state index in [9.17, 15) is 4.79 Å². The Kier molecular flexibility index (Phi) is 4.49. The third-order valence-electron chi connectivity index (χ3n) is 2.37. The first kappa shape index (κ1) is 12.2. The van der Waals surface area contributed by atoms with E-state index in [-0.39, 0.29) is 11.9 Å². The molecule has 16 heavy (non-hydrogen) atoms. The van der Waals surface area contributed by atoms with Crippen molar-refractivity contribution in [1.29, 1.82) is 5.26 Å². The number of rotatable bonds is 4. The van der Waals surface area contributed by atoms with Crippen molar-refractivity contribution in [2.24, 2.45) is 5.73 Å². The maximum atomic E-state index is 11.8. The van der Waals surface area contributed by atoms with Gasteiger partial charge in [0.05, 0.1) is 11.6 Å². The van der Waals surface area contributed by atoms with E-state index in [1.807, 2.05) is 13.0 Å². The van der Waals surface area contributed by atoms with Crippen LogP contribution in [0.3, 0.4) is 0 Å². The zero-order valence-corrected chi connectivity index (χ0v) is 9.23. The van der Waals surface area contributed by atoms with Gasteiger partial charge in [-0.25, -0.2) is 0 Å². The summed E-state index contributed by atoms with van der Waals surface area (Å²) < 4.78 is 0. The van der Waals surface area contributed by atoms with Crippen LogP contribution in [0, 0.1) is 11.3 Å². The first-order chi connectivity index (χ1) is 7.71. The van der Waals surface area contributed by atoms with Crippen molar-refractivity contribution >= 4 is 5.91 Å². The van der Waals surface area contributed by atoms with Crippen LogP contribution < -0.4 is 11.1 Å². The summed E-state index contributed by atoms with van der Waals surface area (Å²) in [5.41, 5.74) is 6.47. The number of carbonyl (C=O) groups is 1. The number of nitriles is 1. The number of nitrogens with two attached hydrogens (primary N) is 1. The van der Waals surface area contributed by atoms with E-state index < -0.39 is 0 Å². The molecule has 0 bridgehead atoms. The quantitative estimate of drug-likeness (QED) is 0.790. The second-order valence-electron chi connectivity index (χ2n) is 3.51. The van der Waals surface area contributed by atoms with E-state index in [0.717, 1.165) is 6.42 Å². The fourth-order valence-electron chi connectivity index (χ4n) is 1.33. The number of nitrogens with zero attached hydrogens (tertiary/aromatic N) is 1. The predicted octanol–water partition coefficient (Wildman–Crippen LogP) is 1.03. The molecule has 1 aromatic rings. The highest BCUT2D eigenvalue weighted by molar-refractivity contribution is 5.94. The number of hydrogen-bond donors (Lipinski definition) is 2. The highest BCUT2D eigenvalue weighted by Gasteiger charge is 2.10. The zero-order valence-electron chi connectivity index (χ0n) is 9.23. The molecule has 1 rings (SSSR count). The molecule has 84 valence electrons. The second-order valence-corrected chi connectivity index (χ2v) is 3.51. The zero-order chi connectivity index (χ0) is 12.0. The van der Waals surface area contributed by atoms with Crippen LogP contribution in [0.1, 0.15) is 29.3 Å². The van der Waals surface area contributed by atoms with Crippen molar-refractivity contribution < 1.29 is 4.79 Å². The van der Waals surface area contributed by atoms with Crippen LogP contribution in [0.15, 0.2) is 24.3 Å². The van der Waals surface area contributed by atoms with Crippen LogP contribution in [-0.2, 0) is 0 Å². The maximum absolute atomic E-state index is 11.8. The summed E-state index contributed by atoms with van der Waals surface area (Å²) in [5, 5.41) is 11.5. The largest absolute Gasteiger partial charge is 0.348 e. The van der Waals surface area contributed by atoms with Gasteiger partial charge in [0.15, 0.2) is 0 Å². The Bertz CT molecular complexity index is 405. The van der Waals surface area contributed by atoms with E-state index in [0.29, 0.717) is 17.7 Å². The van der Waals surface area contributed by atoms with Crippen LogP contribution in [0.5, 0.6) is 0 Å². The molecule has 0 saturated heterocycles. The molecular weight excluding hydrogens is 202 g/mol. The molecule has 1 aromatic carbocycles. The molecule has 0 aliphatic carbocycles. The summed E-state index contributed by atoms with van der Waals surface area (Å²) in [6.07, 6.45) is 0.792. The molecule has 0 heterocycles. The minimum absolute atomic E-state index is 0.0155. The lowest BCUT2D eigenvalue weighted by atomic mass is 10.1. The molecule has 0 aromatic heterocycles. The third-order valence-corrected chi connectivity index (χ3v) is 2.37. The Balaban J connectivity index is 2.77. The lowest BCUT2D eigenvalue weighted by molar-refractivity contribution is 0.0937. The number of benzene rings is 1. The van der Waals surface area contributed by atoms with Gasteiger partial charge >= 0.3 is 0 Å². The van der Waals surface area contributed by atoms with Crippen molar-refractivity contribution in [1.82, 2.24) is 5.32 Å². The van der Waals surface area contributed by atoms with Gasteiger partial charge in [-0.2, -0.15) is 5.26 Å². The number of amides is 1. The SMILES string of the molecule is CCC(CN)NC(=O)c1cccc(C#N)c1. The van der Waals surface area contributed by atoms with Crippen molar-refractivity contribution in [3.63, 3.8) is 0 Å². The molecule has 4 nitrogen and oxygen atoms in total. The standard InChI is InChI=1S/C12H15N3O/c1-2-11(8-14)15-12(16)10-5-3-4-9(6-10)7-13/h3-6,11H,2,8,14H2,1H3,(H,15,16). The van der Waals surface area contributed by atoms with Gasteiger partial charge in [-0.15, -0.1) is 0 Å². The molecule has 0 saturated carbocycles. The number of nitrogens with one attached hydrogen (secondary N) is 1. The molecule has 4 heteroatoms. The summed E-state index contributed by atoms with van der Waals surface area (Å²) in [5.74, 6) is -0.186. The summed E-state index contributed by atoms with van der Waals surface area (Å²) in [7, 11) is 0.